The molecule has 1 unspecified atom stereocenters. The zero-order valence-corrected chi connectivity index (χ0v) is 12.2. The molecule has 1 atom stereocenters. The molecule has 2 aromatic rings. The summed E-state index contributed by atoms with van der Waals surface area (Å²) < 4.78 is 0. The molecular weight excluding hydrogens is 284 g/mol. The predicted octanol–water partition coefficient (Wildman–Crippen LogP) is 2.00. The lowest BCUT2D eigenvalue weighted by molar-refractivity contribution is -0.117. The summed E-state index contributed by atoms with van der Waals surface area (Å²) in [6.45, 7) is 0. The van der Waals surface area contributed by atoms with Gasteiger partial charge in [0.15, 0.2) is 0 Å². The number of hydrogen-bond donors (Lipinski definition) is 3. The zero-order chi connectivity index (χ0) is 13.0. The molecule has 2 rings (SSSR count). The van der Waals surface area contributed by atoms with Crippen LogP contribution in [0.15, 0.2) is 24.3 Å². The molecule has 1 amide bonds. The number of para-hydroxylation sites is 2. The van der Waals surface area contributed by atoms with Gasteiger partial charge in [-0.25, -0.2) is 4.98 Å². The molecule has 0 radical (unpaired) electrons. The van der Waals surface area contributed by atoms with Crippen LogP contribution in [0.1, 0.15) is 6.42 Å². The number of amides is 1. The second kappa shape index (κ2) is 7.37. The van der Waals surface area contributed by atoms with Gasteiger partial charge in [0.25, 0.3) is 0 Å². The molecule has 1 aromatic heterocycles. The van der Waals surface area contributed by atoms with Crippen molar-refractivity contribution in [2.45, 2.75) is 12.5 Å². The number of thioether (sulfide) groups is 1. The van der Waals surface area contributed by atoms with E-state index in [-0.39, 0.29) is 18.3 Å². The van der Waals surface area contributed by atoms with Crippen LogP contribution in [0.5, 0.6) is 0 Å². The minimum atomic E-state index is -0.495. The highest BCUT2D eigenvalue weighted by Crippen LogP contribution is 2.13. The minimum Gasteiger partial charge on any atom is -0.324 e. The second-order valence-corrected chi connectivity index (χ2v) is 4.97. The number of nitrogens with two attached hydrogens (primary N) is 1. The number of H-pyrrole nitrogens is 1. The van der Waals surface area contributed by atoms with Crippen LogP contribution in [0.4, 0.5) is 5.95 Å². The first kappa shape index (κ1) is 15.8. The zero-order valence-electron chi connectivity index (χ0n) is 10.6. The van der Waals surface area contributed by atoms with E-state index in [1.165, 1.54) is 0 Å². The van der Waals surface area contributed by atoms with Crippen molar-refractivity contribution in [1.82, 2.24) is 9.97 Å². The number of fused-ring (bicyclic) bond motifs is 1. The normalized spacial score (nSPS) is 11.9. The number of halogens is 1. The first-order valence-electron chi connectivity index (χ1n) is 5.71. The van der Waals surface area contributed by atoms with E-state index in [0.717, 1.165) is 16.8 Å². The van der Waals surface area contributed by atoms with Gasteiger partial charge >= 0.3 is 0 Å². The molecule has 0 saturated carbocycles. The Hall–Kier alpha value is -1.24. The fraction of sp³-hybridized carbons (Fsp3) is 0.333. The van der Waals surface area contributed by atoms with E-state index >= 15 is 0 Å². The average Bonchev–Trinajstić information content (AvgIpc) is 2.77. The molecule has 0 fully saturated rings. The van der Waals surface area contributed by atoms with Gasteiger partial charge in [0.05, 0.1) is 17.1 Å². The maximum absolute atomic E-state index is 11.8. The molecule has 0 aliphatic heterocycles. The van der Waals surface area contributed by atoms with Gasteiger partial charge in [0, 0.05) is 0 Å². The maximum atomic E-state index is 11.8. The van der Waals surface area contributed by atoms with Crippen LogP contribution in [-0.4, -0.2) is 33.9 Å². The molecule has 7 heteroatoms. The molecule has 0 aliphatic rings. The quantitative estimate of drug-likeness (QED) is 0.788. The number of imidazole rings is 1. The topological polar surface area (TPSA) is 83.8 Å². The Morgan fingerprint density at radius 3 is 2.95 bits per heavy atom. The number of nitrogens with one attached hydrogen (secondary N) is 2. The Morgan fingerprint density at radius 1 is 1.53 bits per heavy atom. The van der Waals surface area contributed by atoms with Gasteiger partial charge in [-0.2, -0.15) is 11.8 Å². The highest BCUT2D eigenvalue weighted by atomic mass is 35.5. The minimum absolute atomic E-state index is 0. The third kappa shape index (κ3) is 4.12. The summed E-state index contributed by atoms with van der Waals surface area (Å²) in [5, 5.41) is 2.70. The molecule has 1 aromatic carbocycles. The van der Waals surface area contributed by atoms with Crippen molar-refractivity contribution < 1.29 is 4.79 Å². The first-order chi connectivity index (χ1) is 8.70. The van der Waals surface area contributed by atoms with Crippen molar-refractivity contribution in [2.75, 3.05) is 17.3 Å². The molecular formula is C12H17ClN4OS. The summed E-state index contributed by atoms with van der Waals surface area (Å²) >= 11 is 1.67. The van der Waals surface area contributed by atoms with Crippen LogP contribution in [0, 0.1) is 0 Å². The number of rotatable bonds is 5. The van der Waals surface area contributed by atoms with E-state index in [1.807, 2.05) is 30.5 Å². The predicted molar refractivity (Wildman–Crippen MR) is 82.9 cm³/mol. The Balaban J connectivity index is 0.00000180. The van der Waals surface area contributed by atoms with E-state index in [0.29, 0.717) is 12.4 Å². The SMILES string of the molecule is CSCCC(N)C(=O)Nc1nc2ccccc2[nH]1.Cl. The molecule has 1 heterocycles. The summed E-state index contributed by atoms with van der Waals surface area (Å²) in [7, 11) is 0. The van der Waals surface area contributed by atoms with Crippen LogP contribution in [0.25, 0.3) is 11.0 Å². The number of aromatic amines is 1. The average molecular weight is 301 g/mol. The molecule has 19 heavy (non-hydrogen) atoms. The van der Waals surface area contributed by atoms with Crippen LogP contribution < -0.4 is 11.1 Å². The van der Waals surface area contributed by atoms with E-state index in [4.69, 9.17) is 5.73 Å². The van der Waals surface area contributed by atoms with Gasteiger partial charge in [-0.1, -0.05) is 12.1 Å². The lowest BCUT2D eigenvalue weighted by atomic mass is 10.2. The molecule has 0 bridgehead atoms. The van der Waals surface area contributed by atoms with Crippen molar-refractivity contribution >= 4 is 47.1 Å². The Kier molecular flexibility index (Phi) is 6.14. The van der Waals surface area contributed by atoms with E-state index in [1.54, 1.807) is 11.8 Å². The first-order valence-corrected chi connectivity index (χ1v) is 7.10. The summed E-state index contributed by atoms with van der Waals surface area (Å²) in [4.78, 5) is 19.1. The number of carbonyl (C=O) groups is 1. The highest BCUT2D eigenvalue weighted by Gasteiger charge is 2.14. The van der Waals surface area contributed by atoms with E-state index in [9.17, 15) is 4.79 Å². The third-order valence-electron chi connectivity index (χ3n) is 2.60. The fourth-order valence-corrected chi connectivity index (χ4v) is 2.09. The van der Waals surface area contributed by atoms with Crippen molar-refractivity contribution in [3.05, 3.63) is 24.3 Å². The van der Waals surface area contributed by atoms with E-state index < -0.39 is 6.04 Å². The fourth-order valence-electron chi connectivity index (χ4n) is 1.60. The number of benzene rings is 1. The maximum Gasteiger partial charge on any atom is 0.243 e. The molecule has 5 nitrogen and oxygen atoms in total. The van der Waals surface area contributed by atoms with Gasteiger partial charge in [-0.15, -0.1) is 12.4 Å². The lowest BCUT2D eigenvalue weighted by Gasteiger charge is -2.09. The molecule has 4 N–H and O–H groups in total. The molecule has 0 spiro atoms. The van der Waals surface area contributed by atoms with Crippen LogP contribution in [-0.2, 0) is 4.79 Å². The monoisotopic (exact) mass is 300 g/mol. The van der Waals surface area contributed by atoms with Gasteiger partial charge < -0.3 is 10.7 Å². The summed E-state index contributed by atoms with van der Waals surface area (Å²) in [5.74, 6) is 1.11. The third-order valence-corrected chi connectivity index (χ3v) is 3.24. The number of aromatic nitrogens is 2. The Bertz CT molecular complexity index is 512. The summed E-state index contributed by atoms with van der Waals surface area (Å²) in [6, 6.07) is 7.11. The standard InChI is InChI=1S/C12H16N4OS.ClH/c1-18-7-6-8(13)11(17)16-12-14-9-4-2-3-5-10(9)15-12;/h2-5,8H,6-7,13H2,1H3,(H2,14,15,16,17);1H. The van der Waals surface area contributed by atoms with Crippen molar-refractivity contribution in [2.24, 2.45) is 5.73 Å². The smallest absolute Gasteiger partial charge is 0.243 e. The number of carbonyl (C=O) groups excluding carboxylic acids is 1. The summed E-state index contributed by atoms with van der Waals surface area (Å²) in [5.41, 5.74) is 7.50. The number of hydrogen-bond acceptors (Lipinski definition) is 4. The van der Waals surface area contributed by atoms with Gasteiger partial charge in [0.1, 0.15) is 0 Å². The van der Waals surface area contributed by atoms with Gasteiger partial charge in [0.2, 0.25) is 11.9 Å². The van der Waals surface area contributed by atoms with Crippen LogP contribution in [0.2, 0.25) is 0 Å². The number of anilines is 1. The van der Waals surface area contributed by atoms with Crippen LogP contribution >= 0.6 is 24.2 Å². The molecule has 0 aliphatic carbocycles. The molecule has 0 saturated heterocycles. The Labute approximate surface area is 122 Å². The van der Waals surface area contributed by atoms with Crippen molar-refractivity contribution in [1.29, 1.82) is 0 Å². The lowest BCUT2D eigenvalue weighted by Crippen LogP contribution is -2.36. The van der Waals surface area contributed by atoms with Crippen molar-refractivity contribution in [3.63, 3.8) is 0 Å². The second-order valence-electron chi connectivity index (χ2n) is 3.98. The number of nitrogens with zero attached hydrogens (tertiary/aromatic N) is 1. The highest BCUT2D eigenvalue weighted by molar-refractivity contribution is 7.98. The summed E-state index contributed by atoms with van der Waals surface area (Å²) in [6.07, 6.45) is 2.65. The van der Waals surface area contributed by atoms with Gasteiger partial charge in [-0.05, 0) is 30.6 Å². The Morgan fingerprint density at radius 2 is 2.26 bits per heavy atom. The largest absolute Gasteiger partial charge is 0.324 e. The van der Waals surface area contributed by atoms with Crippen molar-refractivity contribution in [3.8, 4) is 0 Å². The van der Waals surface area contributed by atoms with Crippen LogP contribution in [0.3, 0.4) is 0 Å². The van der Waals surface area contributed by atoms with E-state index in [2.05, 4.69) is 15.3 Å². The van der Waals surface area contributed by atoms with Gasteiger partial charge in [-0.3, -0.25) is 10.1 Å². The molecule has 104 valence electrons.